The molecule has 0 saturated carbocycles. The molecule has 0 aliphatic carbocycles. The van der Waals surface area contributed by atoms with Crippen LogP contribution in [0.25, 0.3) is 0 Å². The zero-order valence-electron chi connectivity index (χ0n) is 16.2. The van der Waals surface area contributed by atoms with Gasteiger partial charge in [0.05, 0.1) is 14.2 Å². The number of hydrogen-bond donors (Lipinski definition) is 2. The Hall–Kier alpha value is -1.22. The van der Waals surface area contributed by atoms with E-state index in [1.54, 1.807) is 14.2 Å². The molecule has 0 amide bonds. The van der Waals surface area contributed by atoms with Crippen molar-refractivity contribution in [3.8, 4) is 11.5 Å². The minimum absolute atomic E-state index is 0. The number of ether oxygens (including phenoxy) is 2. The van der Waals surface area contributed by atoms with Gasteiger partial charge in [0.2, 0.25) is 0 Å². The van der Waals surface area contributed by atoms with Gasteiger partial charge in [0.1, 0.15) is 0 Å². The summed E-state index contributed by atoms with van der Waals surface area (Å²) in [5, 5.41) is 6.77. The summed E-state index contributed by atoms with van der Waals surface area (Å²) in [7, 11) is 5.12. The molecular formula is C19H33IN4O2. The number of piperidine rings is 1. The fraction of sp³-hybridized carbons (Fsp3) is 0.632. The number of nitrogens with zero attached hydrogens (tertiary/aromatic N) is 2. The molecule has 0 bridgehead atoms. The van der Waals surface area contributed by atoms with Crippen LogP contribution in [0.3, 0.4) is 0 Å². The average Bonchev–Trinajstić information content (AvgIpc) is 2.67. The predicted molar refractivity (Wildman–Crippen MR) is 118 cm³/mol. The number of halogens is 1. The molecule has 1 aromatic rings. The van der Waals surface area contributed by atoms with Gasteiger partial charge in [-0.3, -0.25) is 4.99 Å². The summed E-state index contributed by atoms with van der Waals surface area (Å²) in [4.78, 5) is 6.82. The summed E-state index contributed by atoms with van der Waals surface area (Å²) in [6.45, 7) is 5.28. The molecule has 2 rings (SSSR count). The van der Waals surface area contributed by atoms with Crippen LogP contribution in [0.15, 0.2) is 23.2 Å². The van der Waals surface area contributed by atoms with Crippen molar-refractivity contribution in [3.63, 3.8) is 0 Å². The van der Waals surface area contributed by atoms with E-state index >= 15 is 0 Å². The zero-order valence-corrected chi connectivity index (χ0v) is 18.5. The Balaban J connectivity index is 0.00000338. The van der Waals surface area contributed by atoms with Crippen LogP contribution in [0.5, 0.6) is 11.5 Å². The Bertz CT molecular complexity index is 548. The van der Waals surface area contributed by atoms with Crippen molar-refractivity contribution >= 4 is 29.9 Å². The summed E-state index contributed by atoms with van der Waals surface area (Å²) in [6.07, 6.45) is 4.94. The Labute approximate surface area is 174 Å². The maximum absolute atomic E-state index is 5.35. The van der Waals surface area contributed by atoms with Gasteiger partial charge in [0.15, 0.2) is 17.5 Å². The van der Waals surface area contributed by atoms with Crippen LogP contribution < -0.4 is 20.1 Å². The standard InChI is InChI=1S/C19H32N4O2.HI/c1-20-19(22-11-14-23-12-5-4-6-13-23)21-10-9-16-7-8-17(24-2)18(15-16)25-3;/h7-8,15H,4-6,9-14H2,1-3H3,(H2,20,21,22);1H. The molecule has 1 aliphatic rings. The maximum atomic E-state index is 5.35. The van der Waals surface area contributed by atoms with Crippen molar-refractivity contribution in [2.24, 2.45) is 4.99 Å². The van der Waals surface area contributed by atoms with Gasteiger partial charge in [-0.05, 0) is 50.0 Å². The molecular weight excluding hydrogens is 443 g/mol. The number of nitrogens with one attached hydrogen (secondary N) is 2. The Morgan fingerprint density at radius 2 is 1.73 bits per heavy atom. The summed E-state index contributed by atoms with van der Waals surface area (Å²) < 4.78 is 10.6. The third kappa shape index (κ3) is 7.57. The molecule has 6 nitrogen and oxygen atoms in total. The molecule has 0 atom stereocenters. The van der Waals surface area contributed by atoms with E-state index in [0.29, 0.717) is 0 Å². The van der Waals surface area contributed by atoms with Crippen LogP contribution in [0.4, 0.5) is 0 Å². The number of aliphatic imine (C=N–C) groups is 1. The fourth-order valence-corrected chi connectivity index (χ4v) is 3.10. The summed E-state index contributed by atoms with van der Waals surface area (Å²) in [6, 6.07) is 6.03. The molecule has 7 heteroatoms. The lowest BCUT2D eigenvalue weighted by molar-refractivity contribution is 0.232. The average molecular weight is 476 g/mol. The lowest BCUT2D eigenvalue weighted by Crippen LogP contribution is -2.43. The third-order valence-corrected chi connectivity index (χ3v) is 4.55. The largest absolute Gasteiger partial charge is 0.493 e. The van der Waals surface area contributed by atoms with Crippen molar-refractivity contribution < 1.29 is 9.47 Å². The van der Waals surface area contributed by atoms with Crippen LogP contribution in [0, 0.1) is 0 Å². The highest BCUT2D eigenvalue weighted by Gasteiger charge is 2.09. The van der Waals surface area contributed by atoms with E-state index in [4.69, 9.17) is 9.47 Å². The molecule has 1 saturated heterocycles. The molecule has 0 radical (unpaired) electrons. The molecule has 2 N–H and O–H groups in total. The molecule has 26 heavy (non-hydrogen) atoms. The lowest BCUT2D eigenvalue weighted by Gasteiger charge is -2.26. The van der Waals surface area contributed by atoms with E-state index in [1.165, 1.54) is 37.9 Å². The molecule has 1 fully saturated rings. The second-order valence-corrected chi connectivity index (χ2v) is 6.27. The van der Waals surface area contributed by atoms with Crippen molar-refractivity contribution in [1.29, 1.82) is 0 Å². The molecule has 0 unspecified atom stereocenters. The van der Waals surface area contributed by atoms with E-state index in [2.05, 4.69) is 26.6 Å². The first-order chi connectivity index (χ1) is 12.3. The van der Waals surface area contributed by atoms with Gasteiger partial charge in [0.25, 0.3) is 0 Å². The number of methoxy groups -OCH3 is 2. The topological polar surface area (TPSA) is 58.1 Å². The van der Waals surface area contributed by atoms with Gasteiger partial charge < -0.3 is 25.0 Å². The Morgan fingerprint density at radius 3 is 2.38 bits per heavy atom. The van der Waals surface area contributed by atoms with Crippen LogP contribution in [-0.4, -0.2) is 64.9 Å². The van der Waals surface area contributed by atoms with Gasteiger partial charge >= 0.3 is 0 Å². The lowest BCUT2D eigenvalue weighted by atomic mass is 10.1. The first-order valence-corrected chi connectivity index (χ1v) is 9.14. The molecule has 148 valence electrons. The summed E-state index contributed by atoms with van der Waals surface area (Å²) in [5.74, 6) is 2.39. The smallest absolute Gasteiger partial charge is 0.191 e. The van der Waals surface area contributed by atoms with Gasteiger partial charge in [-0.15, -0.1) is 24.0 Å². The van der Waals surface area contributed by atoms with Crippen molar-refractivity contribution in [1.82, 2.24) is 15.5 Å². The normalized spacial score (nSPS) is 15.1. The van der Waals surface area contributed by atoms with Crippen LogP contribution in [-0.2, 0) is 6.42 Å². The van der Waals surface area contributed by atoms with Crippen molar-refractivity contribution in [3.05, 3.63) is 23.8 Å². The van der Waals surface area contributed by atoms with Crippen LogP contribution in [0.1, 0.15) is 24.8 Å². The number of guanidine groups is 1. The molecule has 1 heterocycles. The highest BCUT2D eigenvalue weighted by molar-refractivity contribution is 14.0. The van der Waals surface area contributed by atoms with Gasteiger partial charge in [-0.25, -0.2) is 0 Å². The number of rotatable bonds is 8. The monoisotopic (exact) mass is 476 g/mol. The van der Waals surface area contributed by atoms with Crippen LogP contribution in [0.2, 0.25) is 0 Å². The van der Waals surface area contributed by atoms with E-state index in [-0.39, 0.29) is 24.0 Å². The number of likely N-dealkylation sites (tertiary alicyclic amines) is 1. The van der Waals surface area contributed by atoms with Gasteiger partial charge in [0, 0.05) is 26.7 Å². The van der Waals surface area contributed by atoms with Gasteiger partial charge in [-0.2, -0.15) is 0 Å². The zero-order chi connectivity index (χ0) is 17.9. The Kier molecular flexibility index (Phi) is 11.4. The van der Waals surface area contributed by atoms with Crippen molar-refractivity contribution in [2.45, 2.75) is 25.7 Å². The van der Waals surface area contributed by atoms with E-state index in [9.17, 15) is 0 Å². The van der Waals surface area contributed by atoms with Crippen LogP contribution >= 0.6 is 24.0 Å². The van der Waals surface area contributed by atoms with E-state index in [1.807, 2.05) is 19.2 Å². The SMILES string of the molecule is CN=C(NCCc1ccc(OC)c(OC)c1)NCCN1CCCCC1.I. The van der Waals surface area contributed by atoms with Gasteiger partial charge in [-0.1, -0.05) is 12.5 Å². The second-order valence-electron chi connectivity index (χ2n) is 6.27. The van der Waals surface area contributed by atoms with Crippen molar-refractivity contribution in [2.75, 3.05) is 54.0 Å². The summed E-state index contributed by atoms with van der Waals surface area (Å²) in [5.41, 5.74) is 1.20. The minimum Gasteiger partial charge on any atom is -0.493 e. The first-order valence-electron chi connectivity index (χ1n) is 9.14. The fourth-order valence-electron chi connectivity index (χ4n) is 3.10. The highest BCUT2D eigenvalue weighted by Crippen LogP contribution is 2.27. The highest BCUT2D eigenvalue weighted by atomic mass is 127. The number of hydrogen-bond acceptors (Lipinski definition) is 4. The third-order valence-electron chi connectivity index (χ3n) is 4.55. The quantitative estimate of drug-likeness (QED) is 0.343. The molecule has 1 aromatic carbocycles. The van der Waals surface area contributed by atoms with E-state index in [0.717, 1.165) is 43.5 Å². The second kappa shape index (κ2) is 13.0. The minimum atomic E-state index is 0. The predicted octanol–water partition coefficient (Wildman–Crippen LogP) is 2.52. The molecule has 0 spiro atoms. The number of benzene rings is 1. The first kappa shape index (κ1) is 22.8. The molecule has 0 aromatic heterocycles. The summed E-state index contributed by atoms with van der Waals surface area (Å²) >= 11 is 0. The Morgan fingerprint density at radius 1 is 1.04 bits per heavy atom. The van der Waals surface area contributed by atoms with E-state index < -0.39 is 0 Å². The maximum Gasteiger partial charge on any atom is 0.191 e. The molecule has 1 aliphatic heterocycles.